The molecular weight excluding hydrogens is 304 g/mol. The first-order valence-electron chi connectivity index (χ1n) is 7.42. The second-order valence-electron chi connectivity index (χ2n) is 4.99. The summed E-state index contributed by atoms with van der Waals surface area (Å²) in [5.74, 6) is 1.99. The largest absolute Gasteiger partial charge is 0.497 e. The molecule has 0 atom stereocenters. The lowest BCUT2D eigenvalue weighted by Gasteiger charge is -2.05. The van der Waals surface area contributed by atoms with Gasteiger partial charge in [0.25, 0.3) is 0 Å². The van der Waals surface area contributed by atoms with Gasteiger partial charge in [0.05, 0.1) is 21.3 Å². The van der Waals surface area contributed by atoms with Crippen molar-refractivity contribution in [1.82, 2.24) is 0 Å². The summed E-state index contributed by atoms with van der Waals surface area (Å²) in [5, 5.41) is 0. The van der Waals surface area contributed by atoms with Crippen LogP contribution in [0.2, 0.25) is 0 Å². The van der Waals surface area contributed by atoms with E-state index in [-0.39, 0.29) is 5.78 Å². The molecule has 2 aromatic rings. The monoisotopic (exact) mass is 324 g/mol. The normalized spacial score (nSPS) is 11.0. The maximum absolute atomic E-state index is 12.0. The number of ether oxygens (including phenoxy) is 3. The summed E-state index contributed by atoms with van der Waals surface area (Å²) < 4.78 is 15.6. The summed E-state index contributed by atoms with van der Waals surface area (Å²) >= 11 is 0. The third kappa shape index (κ3) is 5.02. The molecule has 0 amide bonds. The van der Waals surface area contributed by atoms with Crippen LogP contribution < -0.4 is 14.2 Å². The highest BCUT2D eigenvalue weighted by Gasteiger charge is 2.00. The van der Waals surface area contributed by atoms with Gasteiger partial charge in [-0.3, -0.25) is 4.79 Å². The molecule has 0 saturated carbocycles. The van der Waals surface area contributed by atoms with Crippen LogP contribution in [-0.2, 0) is 4.79 Å². The number of allylic oxidation sites excluding steroid dienone is 2. The fraction of sp³-hybridized carbons (Fsp3) is 0.150. The zero-order valence-corrected chi connectivity index (χ0v) is 14.0. The molecule has 4 nitrogen and oxygen atoms in total. The topological polar surface area (TPSA) is 44.8 Å². The number of methoxy groups -OCH3 is 3. The minimum Gasteiger partial charge on any atom is -0.497 e. The van der Waals surface area contributed by atoms with E-state index in [1.165, 1.54) is 12.2 Å². The molecule has 24 heavy (non-hydrogen) atoms. The van der Waals surface area contributed by atoms with E-state index in [0.29, 0.717) is 11.5 Å². The van der Waals surface area contributed by atoms with Crippen LogP contribution in [0, 0.1) is 0 Å². The van der Waals surface area contributed by atoms with Gasteiger partial charge in [-0.1, -0.05) is 24.3 Å². The number of carbonyl (C=O) groups excluding carboxylic acids is 1. The van der Waals surface area contributed by atoms with Crippen LogP contribution in [0.4, 0.5) is 0 Å². The molecule has 0 saturated heterocycles. The zero-order chi connectivity index (χ0) is 17.4. The van der Waals surface area contributed by atoms with Crippen molar-refractivity contribution in [1.29, 1.82) is 0 Å². The van der Waals surface area contributed by atoms with Gasteiger partial charge in [0.1, 0.15) is 17.2 Å². The van der Waals surface area contributed by atoms with E-state index in [0.717, 1.165) is 16.9 Å². The highest BCUT2D eigenvalue weighted by molar-refractivity contribution is 6.04. The number of benzene rings is 2. The minimum atomic E-state index is -0.111. The van der Waals surface area contributed by atoms with E-state index >= 15 is 0 Å². The van der Waals surface area contributed by atoms with Crippen LogP contribution in [0.3, 0.4) is 0 Å². The van der Waals surface area contributed by atoms with Crippen molar-refractivity contribution in [2.45, 2.75) is 0 Å². The standard InChI is InChI=1S/C20H20O4/c1-22-18-6-4-5-15(11-18)7-9-17(21)10-8-16-12-19(23-2)14-20(13-16)24-3/h4-14H,1-3H3. The van der Waals surface area contributed by atoms with Crippen molar-refractivity contribution in [2.24, 2.45) is 0 Å². The first-order valence-corrected chi connectivity index (χ1v) is 7.42. The Bertz CT molecular complexity index is 738. The average Bonchev–Trinajstić information content (AvgIpc) is 2.64. The zero-order valence-electron chi connectivity index (χ0n) is 14.0. The van der Waals surface area contributed by atoms with Crippen molar-refractivity contribution in [3.05, 3.63) is 65.7 Å². The lowest BCUT2D eigenvalue weighted by Crippen LogP contribution is -1.89. The maximum atomic E-state index is 12.0. The van der Waals surface area contributed by atoms with Gasteiger partial charge in [-0.15, -0.1) is 0 Å². The number of hydrogen-bond donors (Lipinski definition) is 0. The van der Waals surface area contributed by atoms with Gasteiger partial charge >= 0.3 is 0 Å². The lowest BCUT2D eigenvalue weighted by molar-refractivity contribution is -0.110. The fourth-order valence-corrected chi connectivity index (χ4v) is 2.08. The average molecular weight is 324 g/mol. The van der Waals surface area contributed by atoms with Crippen LogP contribution >= 0.6 is 0 Å². The molecule has 4 heteroatoms. The van der Waals surface area contributed by atoms with E-state index in [4.69, 9.17) is 14.2 Å². The van der Waals surface area contributed by atoms with E-state index in [9.17, 15) is 4.79 Å². The maximum Gasteiger partial charge on any atom is 0.178 e. The molecular formula is C20H20O4. The lowest BCUT2D eigenvalue weighted by atomic mass is 10.1. The summed E-state index contributed by atoms with van der Waals surface area (Å²) in [6, 6.07) is 12.9. The smallest absolute Gasteiger partial charge is 0.178 e. The number of ketones is 1. The Morgan fingerprint density at radius 2 is 1.29 bits per heavy atom. The number of rotatable bonds is 7. The predicted octanol–water partition coefficient (Wildman–Crippen LogP) is 4.01. The quantitative estimate of drug-likeness (QED) is 0.722. The van der Waals surface area contributed by atoms with E-state index in [1.807, 2.05) is 36.4 Å². The van der Waals surface area contributed by atoms with Gasteiger partial charge in [-0.05, 0) is 47.5 Å². The minimum absolute atomic E-state index is 0.111. The van der Waals surface area contributed by atoms with E-state index in [2.05, 4.69) is 0 Å². The molecule has 0 aromatic heterocycles. The summed E-state index contributed by atoms with van der Waals surface area (Å²) in [6.45, 7) is 0. The molecule has 124 valence electrons. The summed E-state index contributed by atoms with van der Waals surface area (Å²) in [6.07, 6.45) is 6.50. The number of hydrogen-bond acceptors (Lipinski definition) is 4. The van der Waals surface area contributed by atoms with Crippen LogP contribution in [-0.4, -0.2) is 27.1 Å². The summed E-state index contributed by atoms with van der Waals surface area (Å²) in [7, 11) is 4.79. The van der Waals surface area contributed by atoms with Gasteiger partial charge in [-0.25, -0.2) is 0 Å². The summed E-state index contributed by atoms with van der Waals surface area (Å²) in [4.78, 5) is 12.0. The SMILES string of the molecule is COc1cccc(C=CC(=O)C=Cc2cc(OC)cc(OC)c2)c1. The fourth-order valence-electron chi connectivity index (χ4n) is 2.08. The first-order chi connectivity index (χ1) is 11.6. The predicted molar refractivity (Wildman–Crippen MR) is 95.6 cm³/mol. The molecule has 0 radical (unpaired) electrons. The molecule has 0 bridgehead atoms. The molecule has 2 rings (SSSR count). The van der Waals surface area contributed by atoms with E-state index in [1.54, 1.807) is 39.5 Å². The van der Waals surface area contributed by atoms with Gasteiger partial charge in [-0.2, -0.15) is 0 Å². The molecule has 0 aliphatic carbocycles. The Morgan fingerprint density at radius 3 is 1.88 bits per heavy atom. The molecule has 0 spiro atoms. The Kier molecular flexibility index (Phi) is 6.20. The van der Waals surface area contributed by atoms with Gasteiger partial charge in [0.15, 0.2) is 5.78 Å². The third-order valence-electron chi connectivity index (χ3n) is 3.35. The first kappa shape index (κ1) is 17.3. The van der Waals surface area contributed by atoms with Gasteiger partial charge in [0, 0.05) is 6.07 Å². The molecule has 0 heterocycles. The van der Waals surface area contributed by atoms with Crippen molar-refractivity contribution >= 4 is 17.9 Å². The van der Waals surface area contributed by atoms with E-state index < -0.39 is 0 Å². The van der Waals surface area contributed by atoms with Crippen molar-refractivity contribution in [3.63, 3.8) is 0 Å². The second-order valence-corrected chi connectivity index (χ2v) is 4.99. The molecule has 0 fully saturated rings. The highest BCUT2D eigenvalue weighted by Crippen LogP contribution is 2.23. The molecule has 0 aliphatic rings. The Morgan fingerprint density at radius 1 is 0.750 bits per heavy atom. The third-order valence-corrected chi connectivity index (χ3v) is 3.35. The molecule has 0 unspecified atom stereocenters. The van der Waals surface area contributed by atoms with Crippen molar-refractivity contribution < 1.29 is 19.0 Å². The van der Waals surface area contributed by atoms with Crippen molar-refractivity contribution in [3.8, 4) is 17.2 Å². The van der Waals surface area contributed by atoms with Gasteiger partial charge < -0.3 is 14.2 Å². The van der Waals surface area contributed by atoms with Crippen molar-refractivity contribution in [2.75, 3.05) is 21.3 Å². The molecule has 2 aromatic carbocycles. The number of carbonyl (C=O) groups is 1. The second kappa shape index (κ2) is 8.58. The van der Waals surface area contributed by atoms with Gasteiger partial charge in [0.2, 0.25) is 0 Å². The molecule has 0 N–H and O–H groups in total. The van der Waals surface area contributed by atoms with Crippen LogP contribution in [0.15, 0.2) is 54.6 Å². The Hall–Kier alpha value is -3.01. The Balaban J connectivity index is 2.08. The van der Waals surface area contributed by atoms with Crippen LogP contribution in [0.1, 0.15) is 11.1 Å². The Labute approximate surface area is 142 Å². The molecule has 0 aliphatic heterocycles. The van der Waals surface area contributed by atoms with Crippen LogP contribution in [0.25, 0.3) is 12.2 Å². The van der Waals surface area contributed by atoms with Crippen LogP contribution in [0.5, 0.6) is 17.2 Å². The highest BCUT2D eigenvalue weighted by atomic mass is 16.5. The summed E-state index contributed by atoms with van der Waals surface area (Å²) in [5.41, 5.74) is 1.73.